The summed E-state index contributed by atoms with van der Waals surface area (Å²) in [7, 11) is 0. The zero-order valence-electron chi connectivity index (χ0n) is 13.6. The smallest absolute Gasteiger partial charge is 0.171 e. The summed E-state index contributed by atoms with van der Waals surface area (Å²) in [5, 5.41) is 26.5. The summed E-state index contributed by atoms with van der Waals surface area (Å²) in [5.74, 6) is 7.83. The van der Waals surface area contributed by atoms with E-state index < -0.39 is 6.10 Å². The fraction of sp³-hybridized carbons (Fsp3) is 0.312. The number of aromatic nitrogens is 4. The molecular formula is C16H17ClN6O2S. The SMILES string of the molecule is Nn1nc(Nc2nc(-c3ccc(C(O)CO)s3)ncc2Cl)cc1C1CC1. The Morgan fingerprint density at radius 1 is 1.42 bits per heavy atom. The van der Waals surface area contributed by atoms with Gasteiger partial charge in [-0.15, -0.1) is 16.4 Å². The van der Waals surface area contributed by atoms with Gasteiger partial charge in [-0.1, -0.05) is 11.6 Å². The first-order chi connectivity index (χ1) is 12.5. The lowest BCUT2D eigenvalue weighted by molar-refractivity contribution is 0.0984. The maximum atomic E-state index is 9.72. The van der Waals surface area contributed by atoms with Crippen LogP contribution in [0.3, 0.4) is 0 Å². The van der Waals surface area contributed by atoms with Crippen LogP contribution in [0.2, 0.25) is 5.02 Å². The molecule has 26 heavy (non-hydrogen) atoms. The van der Waals surface area contributed by atoms with E-state index in [0.29, 0.717) is 33.3 Å². The number of nitrogens with one attached hydrogen (secondary N) is 1. The molecule has 0 bridgehead atoms. The zero-order chi connectivity index (χ0) is 18.3. The van der Waals surface area contributed by atoms with Crippen LogP contribution in [-0.4, -0.2) is 36.7 Å². The van der Waals surface area contributed by atoms with Gasteiger partial charge >= 0.3 is 0 Å². The van der Waals surface area contributed by atoms with Crippen molar-refractivity contribution in [2.75, 3.05) is 17.8 Å². The number of nitrogens with two attached hydrogens (primary N) is 1. The van der Waals surface area contributed by atoms with Gasteiger partial charge in [0.2, 0.25) is 0 Å². The van der Waals surface area contributed by atoms with Crippen molar-refractivity contribution in [3.8, 4) is 10.7 Å². The summed E-state index contributed by atoms with van der Waals surface area (Å²) >= 11 is 7.52. The number of anilines is 2. The molecule has 10 heteroatoms. The van der Waals surface area contributed by atoms with Crippen molar-refractivity contribution in [1.29, 1.82) is 0 Å². The van der Waals surface area contributed by atoms with Gasteiger partial charge in [0.25, 0.3) is 0 Å². The molecule has 1 fully saturated rings. The van der Waals surface area contributed by atoms with E-state index in [2.05, 4.69) is 20.4 Å². The molecule has 1 unspecified atom stereocenters. The molecule has 3 heterocycles. The van der Waals surface area contributed by atoms with E-state index in [0.717, 1.165) is 23.4 Å². The van der Waals surface area contributed by atoms with Crippen molar-refractivity contribution in [2.24, 2.45) is 0 Å². The molecule has 0 aliphatic heterocycles. The molecule has 0 saturated heterocycles. The zero-order valence-corrected chi connectivity index (χ0v) is 15.2. The molecule has 3 aromatic rings. The monoisotopic (exact) mass is 392 g/mol. The second-order valence-corrected chi connectivity index (χ2v) is 7.61. The second-order valence-electron chi connectivity index (χ2n) is 6.09. The lowest BCUT2D eigenvalue weighted by Crippen LogP contribution is -2.13. The van der Waals surface area contributed by atoms with Gasteiger partial charge in [-0.05, 0) is 25.0 Å². The molecule has 5 N–H and O–H groups in total. The Kier molecular flexibility index (Phi) is 4.53. The van der Waals surface area contributed by atoms with E-state index in [1.54, 1.807) is 12.1 Å². The number of thiophene rings is 1. The normalized spacial score (nSPS) is 15.2. The van der Waals surface area contributed by atoms with E-state index in [9.17, 15) is 5.11 Å². The predicted octanol–water partition coefficient (Wildman–Crippen LogP) is 2.42. The van der Waals surface area contributed by atoms with Crippen molar-refractivity contribution in [3.05, 3.63) is 40.0 Å². The lowest BCUT2D eigenvalue weighted by Gasteiger charge is -2.06. The van der Waals surface area contributed by atoms with E-state index >= 15 is 0 Å². The third-order valence-corrected chi connectivity index (χ3v) is 5.56. The van der Waals surface area contributed by atoms with Crippen LogP contribution in [-0.2, 0) is 0 Å². The number of hydrogen-bond donors (Lipinski definition) is 4. The first kappa shape index (κ1) is 17.2. The van der Waals surface area contributed by atoms with Crippen LogP contribution in [0.1, 0.15) is 35.4 Å². The molecule has 0 aromatic carbocycles. The maximum absolute atomic E-state index is 9.72. The van der Waals surface area contributed by atoms with Crippen molar-refractivity contribution < 1.29 is 10.2 Å². The Balaban J connectivity index is 1.60. The molecule has 136 valence electrons. The minimum Gasteiger partial charge on any atom is -0.393 e. The highest BCUT2D eigenvalue weighted by Crippen LogP contribution is 2.40. The Hall–Kier alpha value is -2.20. The van der Waals surface area contributed by atoms with Crippen LogP contribution < -0.4 is 11.2 Å². The largest absolute Gasteiger partial charge is 0.393 e. The third-order valence-electron chi connectivity index (χ3n) is 4.10. The summed E-state index contributed by atoms with van der Waals surface area (Å²) in [5.41, 5.74) is 0.985. The molecule has 8 nitrogen and oxygen atoms in total. The number of halogens is 1. The number of hydrogen-bond acceptors (Lipinski definition) is 8. The van der Waals surface area contributed by atoms with Crippen molar-refractivity contribution in [3.63, 3.8) is 0 Å². The van der Waals surface area contributed by atoms with Gasteiger partial charge in [-0.25, -0.2) is 9.97 Å². The average Bonchev–Trinajstić information content (AvgIpc) is 3.23. The van der Waals surface area contributed by atoms with Gasteiger partial charge in [0.1, 0.15) is 11.1 Å². The molecule has 1 saturated carbocycles. The molecule has 3 aromatic heterocycles. The quantitative estimate of drug-likeness (QED) is 0.475. The van der Waals surface area contributed by atoms with E-state index in [1.165, 1.54) is 22.3 Å². The highest BCUT2D eigenvalue weighted by atomic mass is 35.5. The fourth-order valence-electron chi connectivity index (χ4n) is 2.59. The van der Waals surface area contributed by atoms with Crippen molar-refractivity contribution >= 4 is 34.6 Å². The number of aliphatic hydroxyl groups excluding tert-OH is 2. The van der Waals surface area contributed by atoms with E-state index in [4.69, 9.17) is 22.6 Å². The first-order valence-corrected chi connectivity index (χ1v) is 9.28. The number of nitrogens with zero attached hydrogens (tertiary/aromatic N) is 4. The maximum Gasteiger partial charge on any atom is 0.171 e. The summed E-state index contributed by atoms with van der Waals surface area (Å²) in [6.07, 6.45) is 2.85. The van der Waals surface area contributed by atoms with E-state index in [-0.39, 0.29) is 6.61 Å². The fourth-order valence-corrected chi connectivity index (χ4v) is 3.66. The van der Waals surface area contributed by atoms with Crippen LogP contribution in [0.15, 0.2) is 24.4 Å². The van der Waals surface area contributed by atoms with Crippen molar-refractivity contribution in [2.45, 2.75) is 24.9 Å². The number of nitrogen functional groups attached to an aromatic ring is 1. The average molecular weight is 393 g/mol. The topological polar surface area (TPSA) is 122 Å². The van der Waals surface area contributed by atoms with Gasteiger partial charge in [0.15, 0.2) is 17.5 Å². The molecule has 0 spiro atoms. The highest BCUT2D eigenvalue weighted by molar-refractivity contribution is 7.15. The summed E-state index contributed by atoms with van der Waals surface area (Å²) in [4.78, 5) is 11.5. The molecule has 4 rings (SSSR count). The summed E-state index contributed by atoms with van der Waals surface area (Å²) in [6, 6.07) is 5.44. The number of rotatable bonds is 6. The van der Waals surface area contributed by atoms with Gasteiger partial charge in [0.05, 0.1) is 23.4 Å². The molecule has 1 aliphatic carbocycles. The van der Waals surface area contributed by atoms with Gasteiger partial charge < -0.3 is 21.4 Å². The van der Waals surface area contributed by atoms with Crippen LogP contribution in [0.25, 0.3) is 10.7 Å². The van der Waals surface area contributed by atoms with Crippen molar-refractivity contribution in [1.82, 2.24) is 19.9 Å². The van der Waals surface area contributed by atoms with Crippen LogP contribution >= 0.6 is 22.9 Å². The minimum atomic E-state index is -0.909. The van der Waals surface area contributed by atoms with Gasteiger partial charge in [0, 0.05) is 16.9 Å². The molecule has 0 radical (unpaired) electrons. The van der Waals surface area contributed by atoms with Gasteiger partial charge in [-0.3, -0.25) is 0 Å². The Morgan fingerprint density at radius 2 is 2.23 bits per heavy atom. The lowest BCUT2D eigenvalue weighted by atomic mass is 10.3. The first-order valence-electron chi connectivity index (χ1n) is 8.08. The van der Waals surface area contributed by atoms with Gasteiger partial charge in [-0.2, -0.15) is 4.79 Å². The Bertz CT molecular complexity index is 939. The van der Waals surface area contributed by atoms with Crippen LogP contribution in [0, 0.1) is 0 Å². The summed E-state index contributed by atoms with van der Waals surface area (Å²) < 4.78 is 0. The summed E-state index contributed by atoms with van der Waals surface area (Å²) in [6.45, 7) is -0.334. The molecule has 0 amide bonds. The highest BCUT2D eigenvalue weighted by Gasteiger charge is 2.28. The van der Waals surface area contributed by atoms with E-state index in [1.807, 2.05) is 6.07 Å². The molecule has 1 atom stereocenters. The third kappa shape index (κ3) is 3.38. The molecule has 1 aliphatic rings. The minimum absolute atomic E-state index is 0.334. The second kappa shape index (κ2) is 6.84. The number of aliphatic hydroxyl groups is 2. The predicted molar refractivity (Wildman–Crippen MR) is 100 cm³/mol. The Morgan fingerprint density at radius 3 is 2.96 bits per heavy atom. The molecular weight excluding hydrogens is 376 g/mol. The standard InChI is InChI=1S/C16H17ClN6O2S/c17-9-6-19-16(13-4-3-12(26-13)11(25)7-24)21-15(9)20-14-5-10(8-1-2-8)23(18)22-14/h3-6,8,11,24-25H,1-2,7,18H2,(H,19,20,21,22). The van der Waals surface area contributed by atoms with Crippen LogP contribution in [0.5, 0.6) is 0 Å². The Labute approximate surface area is 158 Å². The van der Waals surface area contributed by atoms with Crippen LogP contribution in [0.4, 0.5) is 11.6 Å².